The maximum absolute atomic E-state index is 12.8. The van der Waals surface area contributed by atoms with E-state index >= 15 is 0 Å². The van der Waals surface area contributed by atoms with Crippen molar-refractivity contribution < 1.29 is 9.18 Å². The summed E-state index contributed by atoms with van der Waals surface area (Å²) in [5, 5.41) is 0. The zero-order chi connectivity index (χ0) is 10.2. The summed E-state index contributed by atoms with van der Waals surface area (Å²) in [7, 11) is 0. The molecule has 0 radical (unpaired) electrons. The molecule has 0 unspecified atom stereocenters. The predicted octanol–water partition coefficient (Wildman–Crippen LogP) is 3.11. The lowest BCUT2D eigenvalue weighted by molar-refractivity contribution is -0.112. The number of hydrogen-bond acceptors (Lipinski definition) is 1. The Morgan fingerprint density at radius 1 is 1.50 bits per heavy atom. The van der Waals surface area contributed by atoms with Crippen LogP contribution in [-0.2, 0) is 11.2 Å². The number of aldehydes is 1. The smallest absolute Gasteiger partial charge is 0.126 e. The van der Waals surface area contributed by atoms with Gasteiger partial charge in [0, 0.05) is 9.89 Å². The van der Waals surface area contributed by atoms with Crippen LogP contribution < -0.4 is 0 Å². The Morgan fingerprint density at radius 3 is 2.71 bits per heavy atom. The Balaban J connectivity index is 2.21. The van der Waals surface area contributed by atoms with E-state index in [1.807, 2.05) is 0 Å². The van der Waals surface area contributed by atoms with E-state index in [1.54, 1.807) is 6.07 Å². The Labute approximate surface area is 90.4 Å². The first-order chi connectivity index (χ1) is 6.65. The fourth-order valence-electron chi connectivity index (χ4n) is 1.54. The van der Waals surface area contributed by atoms with E-state index in [4.69, 9.17) is 0 Å². The molecule has 2 rings (SSSR count). The molecule has 0 saturated heterocycles. The highest BCUT2D eigenvalue weighted by Crippen LogP contribution is 2.47. The van der Waals surface area contributed by atoms with Crippen LogP contribution >= 0.6 is 15.9 Å². The largest absolute Gasteiger partial charge is 0.303 e. The second-order valence-corrected chi connectivity index (χ2v) is 4.75. The molecule has 0 heterocycles. The van der Waals surface area contributed by atoms with Gasteiger partial charge in [-0.25, -0.2) is 4.39 Å². The lowest BCUT2D eigenvalue weighted by atomic mass is 9.98. The van der Waals surface area contributed by atoms with Crippen molar-refractivity contribution in [1.82, 2.24) is 0 Å². The van der Waals surface area contributed by atoms with Crippen LogP contribution in [0.2, 0.25) is 0 Å². The Morgan fingerprint density at radius 2 is 2.21 bits per heavy atom. The third-order valence-electron chi connectivity index (χ3n) is 2.70. The molecule has 74 valence electrons. The van der Waals surface area contributed by atoms with Gasteiger partial charge >= 0.3 is 0 Å². The Hall–Kier alpha value is -0.700. The van der Waals surface area contributed by atoms with Crippen LogP contribution in [0.4, 0.5) is 4.39 Å². The van der Waals surface area contributed by atoms with E-state index in [2.05, 4.69) is 15.9 Å². The van der Waals surface area contributed by atoms with Crippen LogP contribution in [0.3, 0.4) is 0 Å². The highest BCUT2D eigenvalue weighted by Gasteiger charge is 2.42. The standard InChI is InChI=1S/C11H10BrFO/c12-10-5-9(13)2-1-8(10)6-11(7-14)3-4-11/h1-2,5,7H,3-4,6H2. The Bertz CT molecular complexity index is 372. The van der Waals surface area contributed by atoms with Crippen LogP contribution in [0.15, 0.2) is 22.7 Å². The SMILES string of the molecule is O=CC1(Cc2ccc(F)cc2Br)CC1. The van der Waals surface area contributed by atoms with Crippen LogP contribution in [-0.4, -0.2) is 6.29 Å². The third-order valence-corrected chi connectivity index (χ3v) is 3.44. The van der Waals surface area contributed by atoms with Gasteiger partial charge in [-0.15, -0.1) is 0 Å². The molecule has 1 aliphatic carbocycles. The summed E-state index contributed by atoms with van der Waals surface area (Å²) in [6, 6.07) is 4.61. The van der Waals surface area contributed by atoms with Crippen LogP contribution in [0, 0.1) is 11.2 Å². The van der Waals surface area contributed by atoms with Crippen LogP contribution in [0.5, 0.6) is 0 Å². The van der Waals surface area contributed by atoms with Gasteiger partial charge in [-0.1, -0.05) is 22.0 Å². The molecule has 0 spiro atoms. The third kappa shape index (κ3) is 1.87. The number of halogens is 2. The van der Waals surface area contributed by atoms with Gasteiger partial charge in [0.2, 0.25) is 0 Å². The van der Waals surface area contributed by atoms with Crippen molar-refractivity contribution in [2.24, 2.45) is 5.41 Å². The van der Waals surface area contributed by atoms with Gasteiger partial charge in [-0.2, -0.15) is 0 Å². The van der Waals surface area contributed by atoms with E-state index in [9.17, 15) is 9.18 Å². The first-order valence-corrected chi connectivity index (χ1v) is 5.35. The van der Waals surface area contributed by atoms with Crippen LogP contribution in [0.1, 0.15) is 18.4 Å². The topological polar surface area (TPSA) is 17.1 Å². The van der Waals surface area contributed by atoms with E-state index < -0.39 is 0 Å². The van der Waals surface area contributed by atoms with Gasteiger partial charge < -0.3 is 4.79 Å². The number of hydrogen-bond donors (Lipinski definition) is 0. The highest BCUT2D eigenvalue weighted by atomic mass is 79.9. The molecule has 1 aliphatic rings. The molecule has 0 atom stereocenters. The van der Waals surface area contributed by atoms with Crippen molar-refractivity contribution in [1.29, 1.82) is 0 Å². The quantitative estimate of drug-likeness (QED) is 0.760. The van der Waals surface area contributed by atoms with Gasteiger partial charge in [0.1, 0.15) is 12.1 Å². The fraction of sp³-hybridized carbons (Fsp3) is 0.364. The number of carbonyl (C=O) groups is 1. The minimum absolute atomic E-state index is 0.152. The van der Waals surface area contributed by atoms with Gasteiger partial charge in [0.05, 0.1) is 0 Å². The molecular weight excluding hydrogens is 247 g/mol. The first-order valence-electron chi connectivity index (χ1n) is 4.55. The van der Waals surface area contributed by atoms with E-state index in [0.717, 1.165) is 35.6 Å². The first kappa shape index (κ1) is 9.84. The minimum atomic E-state index is -0.253. The highest BCUT2D eigenvalue weighted by molar-refractivity contribution is 9.10. The summed E-state index contributed by atoms with van der Waals surface area (Å²) < 4.78 is 13.5. The summed E-state index contributed by atoms with van der Waals surface area (Å²) >= 11 is 3.30. The van der Waals surface area contributed by atoms with Gasteiger partial charge in [-0.05, 0) is 37.0 Å². The molecule has 1 saturated carbocycles. The predicted molar refractivity (Wildman–Crippen MR) is 55.5 cm³/mol. The summed E-state index contributed by atoms with van der Waals surface area (Å²) in [6.07, 6.45) is 3.67. The molecule has 0 aliphatic heterocycles. The normalized spacial score (nSPS) is 17.9. The molecule has 1 fully saturated rings. The van der Waals surface area contributed by atoms with E-state index in [1.165, 1.54) is 12.1 Å². The molecule has 14 heavy (non-hydrogen) atoms. The molecule has 0 bridgehead atoms. The molecular formula is C11H10BrFO. The lowest BCUT2D eigenvalue weighted by Gasteiger charge is -2.08. The molecule has 0 N–H and O–H groups in total. The summed E-state index contributed by atoms with van der Waals surface area (Å²) in [5.41, 5.74) is 0.858. The average Bonchev–Trinajstić information content (AvgIpc) is 2.91. The van der Waals surface area contributed by atoms with Crippen molar-refractivity contribution in [3.63, 3.8) is 0 Å². The van der Waals surface area contributed by atoms with Crippen LogP contribution in [0.25, 0.3) is 0 Å². The van der Waals surface area contributed by atoms with E-state index in [-0.39, 0.29) is 11.2 Å². The molecule has 1 aromatic rings. The van der Waals surface area contributed by atoms with Gasteiger partial charge in [0.15, 0.2) is 0 Å². The zero-order valence-corrected chi connectivity index (χ0v) is 9.18. The number of carbonyl (C=O) groups excluding carboxylic acids is 1. The maximum Gasteiger partial charge on any atom is 0.126 e. The molecule has 3 heteroatoms. The minimum Gasteiger partial charge on any atom is -0.303 e. The van der Waals surface area contributed by atoms with E-state index in [0.29, 0.717) is 0 Å². The molecule has 0 amide bonds. The van der Waals surface area contributed by atoms with Crippen molar-refractivity contribution in [2.75, 3.05) is 0 Å². The second kappa shape index (κ2) is 3.46. The van der Waals surface area contributed by atoms with Crippen molar-refractivity contribution in [2.45, 2.75) is 19.3 Å². The summed E-state index contributed by atoms with van der Waals surface area (Å²) in [6.45, 7) is 0. The monoisotopic (exact) mass is 256 g/mol. The van der Waals surface area contributed by atoms with Gasteiger partial charge in [0.25, 0.3) is 0 Å². The number of benzene rings is 1. The average molecular weight is 257 g/mol. The lowest BCUT2D eigenvalue weighted by Crippen LogP contribution is -2.06. The van der Waals surface area contributed by atoms with Crippen molar-refractivity contribution in [3.8, 4) is 0 Å². The van der Waals surface area contributed by atoms with Crippen molar-refractivity contribution in [3.05, 3.63) is 34.1 Å². The summed E-state index contributed by atoms with van der Waals surface area (Å²) in [5.74, 6) is -0.253. The zero-order valence-electron chi connectivity index (χ0n) is 7.59. The molecule has 1 aromatic carbocycles. The number of rotatable bonds is 3. The van der Waals surface area contributed by atoms with Gasteiger partial charge in [-0.3, -0.25) is 0 Å². The fourth-order valence-corrected chi connectivity index (χ4v) is 2.03. The van der Waals surface area contributed by atoms with Crippen molar-refractivity contribution >= 4 is 22.2 Å². The molecule has 0 aromatic heterocycles. The Kier molecular flexibility index (Phi) is 2.43. The maximum atomic E-state index is 12.8. The second-order valence-electron chi connectivity index (χ2n) is 3.89. The summed E-state index contributed by atoms with van der Waals surface area (Å²) in [4.78, 5) is 10.8. The molecule has 1 nitrogen and oxygen atoms in total.